The Kier molecular flexibility index (Phi) is 2.96. The zero-order valence-corrected chi connectivity index (χ0v) is 7.27. The Morgan fingerprint density at radius 1 is 1.73 bits per heavy atom. The van der Waals surface area contributed by atoms with Gasteiger partial charge in [0.15, 0.2) is 0 Å². The SMILES string of the molecule is OOCC1(Cl)C=CC=C(Cl)C1. The highest BCUT2D eigenvalue weighted by atomic mass is 35.5. The molecule has 11 heavy (non-hydrogen) atoms. The molecule has 0 amide bonds. The van der Waals surface area contributed by atoms with E-state index < -0.39 is 4.87 Å². The summed E-state index contributed by atoms with van der Waals surface area (Å²) in [7, 11) is 0. The van der Waals surface area contributed by atoms with Gasteiger partial charge in [0, 0.05) is 11.5 Å². The Bertz CT molecular complexity index is 201. The van der Waals surface area contributed by atoms with E-state index in [2.05, 4.69) is 4.89 Å². The average Bonchev–Trinajstić information content (AvgIpc) is 1.86. The molecule has 1 aliphatic carbocycles. The van der Waals surface area contributed by atoms with E-state index in [9.17, 15) is 0 Å². The van der Waals surface area contributed by atoms with Crippen LogP contribution in [-0.2, 0) is 4.89 Å². The first kappa shape index (κ1) is 9.07. The summed E-state index contributed by atoms with van der Waals surface area (Å²) in [6.45, 7) is 0.0507. The highest BCUT2D eigenvalue weighted by Gasteiger charge is 2.27. The Balaban J connectivity index is 2.62. The number of halogens is 2. The molecule has 0 spiro atoms. The van der Waals surface area contributed by atoms with Crippen LogP contribution in [0.15, 0.2) is 23.3 Å². The van der Waals surface area contributed by atoms with E-state index in [1.165, 1.54) is 0 Å². The third-order valence-electron chi connectivity index (χ3n) is 1.44. The van der Waals surface area contributed by atoms with E-state index in [0.29, 0.717) is 11.5 Å². The summed E-state index contributed by atoms with van der Waals surface area (Å²) < 4.78 is 0. The van der Waals surface area contributed by atoms with E-state index in [1.807, 2.05) is 0 Å². The zero-order chi connectivity index (χ0) is 8.32. The van der Waals surface area contributed by atoms with E-state index in [-0.39, 0.29) is 6.61 Å². The first-order chi connectivity index (χ1) is 5.16. The van der Waals surface area contributed by atoms with Crippen LogP contribution in [0.4, 0.5) is 0 Å². The van der Waals surface area contributed by atoms with Crippen molar-refractivity contribution in [1.29, 1.82) is 0 Å². The number of allylic oxidation sites excluding steroid dienone is 3. The molecule has 0 aromatic heterocycles. The van der Waals surface area contributed by atoms with Crippen molar-refractivity contribution in [3.8, 4) is 0 Å². The molecule has 0 saturated carbocycles. The van der Waals surface area contributed by atoms with E-state index in [0.717, 1.165) is 0 Å². The van der Waals surface area contributed by atoms with Crippen molar-refractivity contribution >= 4 is 23.2 Å². The lowest BCUT2D eigenvalue weighted by atomic mass is 10.0. The van der Waals surface area contributed by atoms with Crippen molar-refractivity contribution in [3.05, 3.63) is 23.3 Å². The maximum atomic E-state index is 8.19. The zero-order valence-electron chi connectivity index (χ0n) is 5.76. The second-order valence-corrected chi connectivity index (χ2v) is 3.70. The van der Waals surface area contributed by atoms with Crippen LogP contribution in [-0.4, -0.2) is 16.7 Å². The fraction of sp³-hybridized carbons (Fsp3) is 0.429. The molecule has 0 aromatic carbocycles. The predicted octanol–water partition coefficient (Wildman–Crippen LogP) is 2.54. The van der Waals surface area contributed by atoms with Crippen LogP contribution in [0.3, 0.4) is 0 Å². The molecule has 0 saturated heterocycles. The number of alkyl halides is 1. The normalized spacial score (nSPS) is 30.3. The van der Waals surface area contributed by atoms with Crippen LogP contribution in [0.5, 0.6) is 0 Å². The fourth-order valence-electron chi connectivity index (χ4n) is 0.930. The molecule has 1 N–H and O–H groups in total. The average molecular weight is 195 g/mol. The van der Waals surface area contributed by atoms with Gasteiger partial charge in [0.05, 0.1) is 4.87 Å². The van der Waals surface area contributed by atoms with Crippen molar-refractivity contribution in [2.75, 3.05) is 6.61 Å². The third kappa shape index (κ3) is 2.49. The van der Waals surface area contributed by atoms with Gasteiger partial charge in [-0.05, 0) is 6.08 Å². The molecule has 1 atom stereocenters. The van der Waals surface area contributed by atoms with Crippen LogP contribution < -0.4 is 0 Å². The molecule has 62 valence electrons. The van der Waals surface area contributed by atoms with Crippen LogP contribution in [0.1, 0.15) is 6.42 Å². The van der Waals surface area contributed by atoms with Crippen LogP contribution in [0, 0.1) is 0 Å². The fourth-order valence-corrected chi connectivity index (χ4v) is 1.58. The summed E-state index contributed by atoms with van der Waals surface area (Å²) in [6, 6.07) is 0. The summed E-state index contributed by atoms with van der Waals surface area (Å²) in [5.74, 6) is 0. The van der Waals surface area contributed by atoms with Gasteiger partial charge in [-0.1, -0.05) is 23.8 Å². The molecule has 0 radical (unpaired) electrons. The Morgan fingerprint density at radius 3 is 3.00 bits per heavy atom. The first-order valence-electron chi connectivity index (χ1n) is 3.15. The second-order valence-electron chi connectivity index (χ2n) is 2.46. The van der Waals surface area contributed by atoms with Crippen molar-refractivity contribution < 1.29 is 10.1 Å². The number of hydrogen-bond acceptors (Lipinski definition) is 2. The summed E-state index contributed by atoms with van der Waals surface area (Å²) in [4.78, 5) is 3.28. The lowest BCUT2D eigenvalue weighted by Gasteiger charge is -2.22. The molecule has 0 fully saturated rings. The molecule has 1 rings (SSSR count). The lowest BCUT2D eigenvalue weighted by Crippen LogP contribution is -2.26. The summed E-state index contributed by atoms with van der Waals surface area (Å²) >= 11 is 11.7. The summed E-state index contributed by atoms with van der Waals surface area (Å²) in [5.41, 5.74) is 0. The minimum atomic E-state index is -0.680. The standard InChI is InChI=1S/C7H8Cl2O2/c8-6-2-1-3-7(9,4-6)5-11-10/h1-3,10H,4-5H2. The van der Waals surface area contributed by atoms with Gasteiger partial charge in [-0.15, -0.1) is 11.6 Å². The Hall–Kier alpha value is -0.0200. The Labute approximate surface area is 75.0 Å². The van der Waals surface area contributed by atoms with Gasteiger partial charge in [-0.2, -0.15) is 0 Å². The van der Waals surface area contributed by atoms with Crippen molar-refractivity contribution in [2.45, 2.75) is 11.3 Å². The largest absolute Gasteiger partial charge is 0.252 e. The smallest absolute Gasteiger partial charge is 0.105 e. The van der Waals surface area contributed by atoms with Crippen molar-refractivity contribution in [3.63, 3.8) is 0 Å². The minimum Gasteiger partial charge on any atom is -0.252 e. The second kappa shape index (κ2) is 3.59. The van der Waals surface area contributed by atoms with E-state index in [4.69, 9.17) is 28.5 Å². The first-order valence-corrected chi connectivity index (χ1v) is 3.91. The number of rotatable bonds is 2. The van der Waals surface area contributed by atoms with Gasteiger partial charge in [0.1, 0.15) is 6.61 Å². The molecule has 0 aliphatic heterocycles. The van der Waals surface area contributed by atoms with Crippen LogP contribution in [0.2, 0.25) is 0 Å². The third-order valence-corrected chi connectivity index (χ3v) is 2.07. The van der Waals surface area contributed by atoms with E-state index in [1.54, 1.807) is 18.2 Å². The Morgan fingerprint density at radius 2 is 2.45 bits per heavy atom. The molecule has 0 heterocycles. The van der Waals surface area contributed by atoms with Crippen LogP contribution in [0.25, 0.3) is 0 Å². The van der Waals surface area contributed by atoms with Crippen molar-refractivity contribution in [2.24, 2.45) is 0 Å². The van der Waals surface area contributed by atoms with Gasteiger partial charge in [-0.3, -0.25) is 5.26 Å². The quantitative estimate of drug-likeness (QED) is 0.416. The maximum Gasteiger partial charge on any atom is 0.105 e. The van der Waals surface area contributed by atoms with Crippen LogP contribution >= 0.6 is 23.2 Å². The molecule has 4 heteroatoms. The highest BCUT2D eigenvalue weighted by Crippen LogP contribution is 2.31. The van der Waals surface area contributed by atoms with Gasteiger partial charge >= 0.3 is 0 Å². The monoisotopic (exact) mass is 194 g/mol. The molecule has 1 aliphatic rings. The topological polar surface area (TPSA) is 29.5 Å². The molecular formula is C7H8Cl2O2. The van der Waals surface area contributed by atoms with Crippen molar-refractivity contribution in [1.82, 2.24) is 0 Å². The lowest BCUT2D eigenvalue weighted by molar-refractivity contribution is -0.245. The predicted molar refractivity (Wildman–Crippen MR) is 44.9 cm³/mol. The minimum absolute atomic E-state index is 0.0507. The molecule has 0 aromatic rings. The van der Waals surface area contributed by atoms with Gasteiger partial charge in [0.25, 0.3) is 0 Å². The van der Waals surface area contributed by atoms with Gasteiger partial charge in [0.2, 0.25) is 0 Å². The van der Waals surface area contributed by atoms with Gasteiger partial charge in [-0.25, -0.2) is 4.89 Å². The molecule has 1 unspecified atom stereocenters. The van der Waals surface area contributed by atoms with Gasteiger partial charge < -0.3 is 0 Å². The highest BCUT2D eigenvalue weighted by molar-refractivity contribution is 6.32. The maximum absolute atomic E-state index is 8.19. The summed E-state index contributed by atoms with van der Waals surface area (Å²) in [6.07, 6.45) is 5.75. The summed E-state index contributed by atoms with van der Waals surface area (Å²) in [5, 5.41) is 8.86. The molecule has 2 nitrogen and oxygen atoms in total. The number of hydrogen-bond donors (Lipinski definition) is 1. The van der Waals surface area contributed by atoms with E-state index >= 15 is 0 Å². The molecular weight excluding hydrogens is 187 g/mol. The molecule has 0 bridgehead atoms.